The second kappa shape index (κ2) is 5.60. The van der Waals surface area contributed by atoms with E-state index in [1.54, 1.807) is 0 Å². The fraction of sp³-hybridized carbons (Fsp3) is 0.364. The van der Waals surface area contributed by atoms with E-state index < -0.39 is 18.0 Å². The number of nitrogens with one attached hydrogen (secondary N) is 1. The number of benzene rings is 1. The Morgan fingerprint density at radius 2 is 2.18 bits per heavy atom. The smallest absolute Gasteiger partial charge is 0.216 e. The van der Waals surface area contributed by atoms with Crippen molar-refractivity contribution in [2.45, 2.75) is 19.1 Å². The molecule has 0 aliphatic heterocycles. The number of anilines is 1. The van der Waals surface area contributed by atoms with Crippen molar-refractivity contribution in [2.24, 2.45) is 0 Å². The summed E-state index contributed by atoms with van der Waals surface area (Å²) in [5.41, 5.74) is 5.80. The Balaban J connectivity index is 2.74. The van der Waals surface area contributed by atoms with Crippen LogP contribution < -0.4 is 11.1 Å². The van der Waals surface area contributed by atoms with Gasteiger partial charge in [0.2, 0.25) is 5.91 Å². The minimum Gasteiger partial charge on any atom is -0.398 e. The number of aliphatic hydroxyl groups excluding tert-OH is 2. The Labute approximate surface area is 98.1 Å². The predicted octanol–water partition coefficient (Wildman–Crippen LogP) is -0.0617. The lowest BCUT2D eigenvalue weighted by atomic mass is 10.0. The lowest BCUT2D eigenvalue weighted by Crippen LogP contribution is -2.34. The van der Waals surface area contributed by atoms with E-state index in [0.29, 0.717) is 0 Å². The second-order valence-electron chi connectivity index (χ2n) is 3.72. The van der Waals surface area contributed by atoms with E-state index in [-0.39, 0.29) is 23.7 Å². The van der Waals surface area contributed by atoms with Gasteiger partial charge < -0.3 is 21.3 Å². The minimum absolute atomic E-state index is 0.0550. The van der Waals surface area contributed by atoms with Gasteiger partial charge in [-0.2, -0.15) is 0 Å². The van der Waals surface area contributed by atoms with Gasteiger partial charge in [0.05, 0.1) is 0 Å². The number of carbonyl (C=O) groups is 1. The summed E-state index contributed by atoms with van der Waals surface area (Å²) in [5.74, 6) is -0.835. The molecule has 0 aromatic heterocycles. The third kappa shape index (κ3) is 3.69. The standard InChI is InChI=1S/C11H15FN2O3/c1-6(15)14-5-10(16)11(17)8-3-2-7(12)4-9(8)13/h2-4,10-11,16-17H,5,13H2,1H3,(H,14,15). The maximum Gasteiger partial charge on any atom is 0.216 e. The van der Waals surface area contributed by atoms with E-state index in [2.05, 4.69) is 5.32 Å². The fourth-order valence-corrected chi connectivity index (χ4v) is 1.38. The van der Waals surface area contributed by atoms with E-state index in [4.69, 9.17) is 5.73 Å². The number of carbonyl (C=O) groups excluding carboxylic acids is 1. The Morgan fingerprint density at radius 3 is 2.71 bits per heavy atom. The van der Waals surface area contributed by atoms with Crippen molar-refractivity contribution in [1.82, 2.24) is 5.32 Å². The van der Waals surface area contributed by atoms with Gasteiger partial charge in [0.15, 0.2) is 0 Å². The number of nitrogen functional groups attached to an aromatic ring is 1. The normalized spacial score (nSPS) is 14.1. The molecule has 0 saturated heterocycles. The summed E-state index contributed by atoms with van der Waals surface area (Å²) >= 11 is 0. The molecule has 0 fully saturated rings. The molecule has 0 aliphatic carbocycles. The Bertz CT molecular complexity index is 412. The van der Waals surface area contributed by atoms with Crippen LogP contribution in [0.25, 0.3) is 0 Å². The molecule has 6 heteroatoms. The molecule has 1 aromatic rings. The average Bonchev–Trinajstić information content (AvgIpc) is 2.25. The summed E-state index contributed by atoms with van der Waals surface area (Å²) in [5, 5.41) is 21.7. The highest BCUT2D eigenvalue weighted by atomic mass is 19.1. The quantitative estimate of drug-likeness (QED) is 0.556. The monoisotopic (exact) mass is 242 g/mol. The molecule has 1 amide bonds. The molecule has 0 bridgehead atoms. The van der Waals surface area contributed by atoms with Gasteiger partial charge in [0.25, 0.3) is 0 Å². The lowest BCUT2D eigenvalue weighted by molar-refractivity contribution is -0.119. The highest BCUT2D eigenvalue weighted by Gasteiger charge is 2.20. The van der Waals surface area contributed by atoms with Crippen molar-refractivity contribution in [3.05, 3.63) is 29.6 Å². The molecule has 0 saturated carbocycles. The zero-order valence-corrected chi connectivity index (χ0v) is 9.35. The summed E-state index contributed by atoms with van der Waals surface area (Å²) in [7, 11) is 0. The molecule has 0 aliphatic rings. The van der Waals surface area contributed by atoms with Crippen LogP contribution in [0.15, 0.2) is 18.2 Å². The van der Waals surface area contributed by atoms with Gasteiger partial charge in [-0.15, -0.1) is 0 Å². The molecular weight excluding hydrogens is 227 g/mol. The summed E-state index contributed by atoms with van der Waals surface area (Å²) in [4.78, 5) is 10.6. The molecular formula is C11H15FN2O3. The summed E-state index contributed by atoms with van der Waals surface area (Å²) in [6, 6.07) is 3.50. The van der Waals surface area contributed by atoms with E-state index in [1.165, 1.54) is 13.0 Å². The van der Waals surface area contributed by atoms with Gasteiger partial charge >= 0.3 is 0 Å². The first kappa shape index (κ1) is 13.4. The van der Waals surface area contributed by atoms with Gasteiger partial charge in [-0.25, -0.2) is 4.39 Å². The summed E-state index contributed by atoms with van der Waals surface area (Å²) < 4.78 is 12.8. The van der Waals surface area contributed by atoms with Crippen molar-refractivity contribution >= 4 is 11.6 Å². The van der Waals surface area contributed by atoms with Gasteiger partial charge in [0.1, 0.15) is 18.0 Å². The highest BCUT2D eigenvalue weighted by molar-refractivity contribution is 5.72. The van der Waals surface area contributed by atoms with Gasteiger partial charge in [0, 0.05) is 24.7 Å². The Kier molecular flexibility index (Phi) is 4.42. The zero-order valence-electron chi connectivity index (χ0n) is 9.35. The maximum absolute atomic E-state index is 12.8. The van der Waals surface area contributed by atoms with Gasteiger partial charge in [-0.1, -0.05) is 6.07 Å². The number of halogens is 1. The summed E-state index contributed by atoms with van der Waals surface area (Å²) in [6.07, 6.45) is -2.48. The number of hydrogen-bond donors (Lipinski definition) is 4. The minimum atomic E-state index is -1.28. The molecule has 0 radical (unpaired) electrons. The zero-order chi connectivity index (χ0) is 13.0. The topological polar surface area (TPSA) is 95.6 Å². The van der Waals surface area contributed by atoms with Crippen molar-refractivity contribution in [1.29, 1.82) is 0 Å². The first-order valence-electron chi connectivity index (χ1n) is 5.07. The Hall–Kier alpha value is -1.66. The van der Waals surface area contributed by atoms with Crippen molar-refractivity contribution < 1.29 is 19.4 Å². The van der Waals surface area contributed by atoms with E-state index in [1.807, 2.05) is 0 Å². The third-order valence-electron chi connectivity index (χ3n) is 2.29. The number of nitrogens with two attached hydrogens (primary N) is 1. The SMILES string of the molecule is CC(=O)NCC(O)C(O)c1ccc(F)cc1N. The second-order valence-corrected chi connectivity index (χ2v) is 3.72. The number of hydrogen-bond acceptors (Lipinski definition) is 4. The highest BCUT2D eigenvalue weighted by Crippen LogP contribution is 2.23. The van der Waals surface area contributed by atoms with Crippen molar-refractivity contribution in [2.75, 3.05) is 12.3 Å². The first-order valence-corrected chi connectivity index (χ1v) is 5.07. The molecule has 94 valence electrons. The molecule has 5 N–H and O–H groups in total. The number of amides is 1. The van der Waals surface area contributed by atoms with Gasteiger partial charge in [-0.05, 0) is 12.1 Å². The van der Waals surface area contributed by atoms with Crippen LogP contribution in [0, 0.1) is 5.82 Å². The average molecular weight is 242 g/mol. The van der Waals surface area contributed by atoms with E-state index in [0.717, 1.165) is 12.1 Å². The van der Waals surface area contributed by atoms with E-state index >= 15 is 0 Å². The number of aliphatic hydroxyl groups is 2. The first-order chi connectivity index (χ1) is 7.91. The van der Waals surface area contributed by atoms with Crippen LogP contribution in [0.2, 0.25) is 0 Å². The molecule has 2 atom stereocenters. The lowest BCUT2D eigenvalue weighted by Gasteiger charge is -2.19. The van der Waals surface area contributed by atoms with Crippen LogP contribution in [-0.2, 0) is 4.79 Å². The number of rotatable bonds is 4. The molecule has 1 aromatic carbocycles. The molecule has 1 rings (SSSR count). The third-order valence-corrected chi connectivity index (χ3v) is 2.29. The van der Waals surface area contributed by atoms with Crippen LogP contribution in [0.3, 0.4) is 0 Å². The molecule has 0 spiro atoms. The largest absolute Gasteiger partial charge is 0.398 e. The van der Waals surface area contributed by atoms with Crippen molar-refractivity contribution in [3.8, 4) is 0 Å². The van der Waals surface area contributed by atoms with Crippen molar-refractivity contribution in [3.63, 3.8) is 0 Å². The van der Waals surface area contributed by atoms with Crippen LogP contribution in [-0.4, -0.2) is 28.8 Å². The van der Waals surface area contributed by atoms with E-state index in [9.17, 15) is 19.4 Å². The van der Waals surface area contributed by atoms with Crippen LogP contribution in [0.4, 0.5) is 10.1 Å². The molecule has 17 heavy (non-hydrogen) atoms. The van der Waals surface area contributed by atoms with Gasteiger partial charge in [-0.3, -0.25) is 4.79 Å². The maximum atomic E-state index is 12.8. The molecule has 0 heterocycles. The molecule has 5 nitrogen and oxygen atoms in total. The summed E-state index contributed by atoms with van der Waals surface area (Å²) in [6.45, 7) is 1.19. The predicted molar refractivity (Wildman–Crippen MR) is 60.5 cm³/mol. The fourth-order valence-electron chi connectivity index (χ4n) is 1.38. The Morgan fingerprint density at radius 1 is 1.53 bits per heavy atom. The molecule has 2 unspecified atom stereocenters. The van der Waals surface area contributed by atoms with Crippen LogP contribution in [0.1, 0.15) is 18.6 Å². The van der Waals surface area contributed by atoms with Crippen LogP contribution in [0.5, 0.6) is 0 Å². The van der Waals surface area contributed by atoms with Crippen LogP contribution >= 0.6 is 0 Å².